The van der Waals surface area contributed by atoms with Crippen molar-refractivity contribution in [2.45, 2.75) is 20.0 Å². The first-order chi connectivity index (χ1) is 10.5. The van der Waals surface area contributed by atoms with Crippen LogP contribution in [0.3, 0.4) is 0 Å². The zero-order valence-electron chi connectivity index (χ0n) is 12.1. The lowest BCUT2D eigenvalue weighted by molar-refractivity contribution is -0.145. The van der Waals surface area contributed by atoms with E-state index in [9.17, 15) is 14.0 Å². The van der Waals surface area contributed by atoms with Crippen molar-refractivity contribution in [1.82, 2.24) is 9.88 Å². The molecule has 1 aromatic heterocycles. The minimum absolute atomic E-state index is 0.0861. The van der Waals surface area contributed by atoms with Gasteiger partial charge in [-0.1, -0.05) is 30.3 Å². The number of pyridine rings is 1. The molecule has 0 saturated carbocycles. The normalized spacial score (nSPS) is 10.3. The Kier molecular flexibility index (Phi) is 4.83. The highest BCUT2D eigenvalue weighted by Crippen LogP contribution is 2.13. The summed E-state index contributed by atoms with van der Waals surface area (Å²) in [5.74, 6) is -2.28. The number of aromatic nitrogens is 1. The predicted molar refractivity (Wildman–Crippen MR) is 78.8 cm³/mol. The molecule has 22 heavy (non-hydrogen) atoms. The van der Waals surface area contributed by atoms with Gasteiger partial charge < -0.3 is 10.6 Å². The fourth-order valence-electron chi connectivity index (χ4n) is 2.07. The van der Waals surface area contributed by atoms with Crippen molar-refractivity contribution in [3.8, 4) is 0 Å². The summed E-state index contributed by atoms with van der Waals surface area (Å²) in [5, 5.41) is 0. The lowest BCUT2D eigenvalue weighted by Gasteiger charge is -2.21. The zero-order valence-corrected chi connectivity index (χ0v) is 12.1. The van der Waals surface area contributed by atoms with Gasteiger partial charge in [0.15, 0.2) is 0 Å². The molecule has 1 aromatic carbocycles. The second-order valence-electron chi connectivity index (χ2n) is 4.93. The van der Waals surface area contributed by atoms with Crippen LogP contribution in [0.1, 0.15) is 16.8 Å². The van der Waals surface area contributed by atoms with E-state index in [2.05, 4.69) is 4.98 Å². The van der Waals surface area contributed by atoms with Crippen LogP contribution in [0.4, 0.5) is 4.39 Å². The number of rotatable bonds is 4. The Labute approximate surface area is 127 Å². The molecule has 0 spiro atoms. The van der Waals surface area contributed by atoms with Gasteiger partial charge in [0.25, 0.3) is 0 Å². The van der Waals surface area contributed by atoms with E-state index in [0.29, 0.717) is 11.3 Å². The third-order valence-electron chi connectivity index (χ3n) is 3.21. The molecule has 0 saturated heterocycles. The summed E-state index contributed by atoms with van der Waals surface area (Å²) in [5.41, 5.74) is 7.08. The van der Waals surface area contributed by atoms with Crippen molar-refractivity contribution < 1.29 is 14.0 Å². The van der Waals surface area contributed by atoms with Gasteiger partial charge in [-0.15, -0.1) is 0 Å². The van der Waals surface area contributed by atoms with E-state index >= 15 is 0 Å². The average Bonchev–Trinajstić information content (AvgIpc) is 2.49. The Bertz CT molecular complexity index is 689. The lowest BCUT2D eigenvalue weighted by Crippen LogP contribution is -2.39. The summed E-state index contributed by atoms with van der Waals surface area (Å²) in [6, 6.07) is 10.5. The van der Waals surface area contributed by atoms with E-state index in [-0.39, 0.29) is 13.1 Å². The number of hydrogen-bond acceptors (Lipinski definition) is 3. The van der Waals surface area contributed by atoms with Crippen molar-refractivity contribution >= 4 is 11.8 Å². The number of carbonyl (C=O) groups is 2. The van der Waals surface area contributed by atoms with Crippen molar-refractivity contribution in [3.05, 3.63) is 65.2 Å². The molecule has 1 heterocycles. The lowest BCUT2D eigenvalue weighted by atomic mass is 10.1. The molecule has 2 N–H and O–H groups in total. The maximum Gasteiger partial charge on any atom is 0.312 e. The minimum Gasteiger partial charge on any atom is -0.361 e. The highest BCUT2D eigenvalue weighted by molar-refractivity contribution is 6.34. The largest absolute Gasteiger partial charge is 0.361 e. The predicted octanol–water partition coefficient (Wildman–Crippen LogP) is 1.54. The molecule has 0 aliphatic heterocycles. The monoisotopic (exact) mass is 301 g/mol. The Hall–Kier alpha value is -2.76. The van der Waals surface area contributed by atoms with Gasteiger partial charge >= 0.3 is 11.8 Å². The van der Waals surface area contributed by atoms with E-state index in [1.165, 1.54) is 11.0 Å². The molecule has 2 amide bonds. The van der Waals surface area contributed by atoms with E-state index < -0.39 is 17.6 Å². The van der Waals surface area contributed by atoms with Gasteiger partial charge in [-0.2, -0.15) is 0 Å². The average molecular weight is 301 g/mol. The Morgan fingerprint density at radius 3 is 2.50 bits per heavy atom. The molecule has 114 valence electrons. The molecule has 2 rings (SSSR count). The quantitative estimate of drug-likeness (QED) is 0.870. The van der Waals surface area contributed by atoms with Crippen LogP contribution in [-0.4, -0.2) is 21.7 Å². The Morgan fingerprint density at radius 2 is 1.91 bits per heavy atom. The van der Waals surface area contributed by atoms with Crippen molar-refractivity contribution in [2.24, 2.45) is 5.73 Å². The zero-order chi connectivity index (χ0) is 16.1. The standard InChI is InChI=1S/C16H16FN3O2/c1-11-7-13(17)8-19-14(11)10-20(16(22)15(18)21)9-12-5-3-2-4-6-12/h2-8H,9-10H2,1H3,(H2,18,21). The van der Waals surface area contributed by atoms with Crippen LogP contribution in [0, 0.1) is 12.7 Å². The van der Waals surface area contributed by atoms with Gasteiger partial charge in [-0.3, -0.25) is 14.6 Å². The van der Waals surface area contributed by atoms with Gasteiger partial charge in [-0.05, 0) is 24.1 Å². The molecule has 0 aliphatic carbocycles. The van der Waals surface area contributed by atoms with Crippen LogP contribution < -0.4 is 5.73 Å². The smallest absolute Gasteiger partial charge is 0.312 e. The van der Waals surface area contributed by atoms with Crippen molar-refractivity contribution in [2.75, 3.05) is 0 Å². The molecular weight excluding hydrogens is 285 g/mol. The first kappa shape index (κ1) is 15.6. The number of halogens is 1. The molecule has 2 aromatic rings. The number of nitrogens with zero attached hydrogens (tertiary/aromatic N) is 2. The summed E-state index contributed by atoms with van der Waals surface area (Å²) in [7, 11) is 0. The number of primary amides is 1. The number of benzene rings is 1. The molecule has 0 radical (unpaired) electrons. The van der Waals surface area contributed by atoms with Gasteiger partial charge in [0.1, 0.15) is 5.82 Å². The number of nitrogens with two attached hydrogens (primary N) is 1. The fourth-order valence-corrected chi connectivity index (χ4v) is 2.07. The van der Waals surface area contributed by atoms with Gasteiger partial charge in [0.2, 0.25) is 0 Å². The second kappa shape index (κ2) is 6.80. The van der Waals surface area contributed by atoms with Crippen LogP contribution in [-0.2, 0) is 22.7 Å². The second-order valence-corrected chi connectivity index (χ2v) is 4.93. The maximum atomic E-state index is 13.1. The summed E-state index contributed by atoms with van der Waals surface area (Å²) in [6.45, 7) is 2.00. The van der Waals surface area contributed by atoms with E-state index in [1.54, 1.807) is 6.92 Å². The summed E-state index contributed by atoms with van der Waals surface area (Å²) in [6.07, 6.45) is 1.08. The summed E-state index contributed by atoms with van der Waals surface area (Å²) >= 11 is 0. The minimum atomic E-state index is -1.03. The molecule has 0 unspecified atom stereocenters. The molecular formula is C16H16FN3O2. The number of aryl methyl sites for hydroxylation is 1. The third-order valence-corrected chi connectivity index (χ3v) is 3.21. The van der Waals surface area contributed by atoms with Crippen LogP contribution in [0.25, 0.3) is 0 Å². The molecule has 6 heteroatoms. The molecule has 0 fully saturated rings. The molecule has 0 aliphatic rings. The van der Waals surface area contributed by atoms with E-state index in [4.69, 9.17) is 5.73 Å². The fraction of sp³-hybridized carbons (Fsp3) is 0.188. The number of hydrogen-bond donors (Lipinski definition) is 1. The van der Waals surface area contributed by atoms with Crippen LogP contribution in [0.15, 0.2) is 42.6 Å². The van der Waals surface area contributed by atoms with Crippen LogP contribution in [0.5, 0.6) is 0 Å². The van der Waals surface area contributed by atoms with Crippen molar-refractivity contribution in [3.63, 3.8) is 0 Å². The number of carbonyl (C=O) groups excluding carboxylic acids is 2. The first-order valence-electron chi connectivity index (χ1n) is 6.71. The SMILES string of the molecule is Cc1cc(F)cnc1CN(Cc1ccccc1)C(=O)C(N)=O. The van der Waals surface area contributed by atoms with Crippen LogP contribution in [0.2, 0.25) is 0 Å². The topological polar surface area (TPSA) is 76.3 Å². The summed E-state index contributed by atoms with van der Waals surface area (Å²) in [4.78, 5) is 28.5. The van der Waals surface area contributed by atoms with Crippen molar-refractivity contribution in [1.29, 1.82) is 0 Å². The molecule has 0 bridgehead atoms. The number of amides is 2. The summed E-state index contributed by atoms with van der Waals surface area (Å²) < 4.78 is 13.1. The Morgan fingerprint density at radius 1 is 1.23 bits per heavy atom. The first-order valence-corrected chi connectivity index (χ1v) is 6.71. The molecule has 0 atom stereocenters. The third kappa shape index (κ3) is 3.88. The van der Waals surface area contributed by atoms with E-state index in [0.717, 1.165) is 11.8 Å². The maximum absolute atomic E-state index is 13.1. The Balaban J connectivity index is 2.24. The van der Waals surface area contributed by atoms with Gasteiger partial charge in [0, 0.05) is 6.54 Å². The van der Waals surface area contributed by atoms with E-state index in [1.807, 2.05) is 30.3 Å². The molecule has 5 nitrogen and oxygen atoms in total. The highest BCUT2D eigenvalue weighted by atomic mass is 19.1. The van der Waals surface area contributed by atoms with Gasteiger partial charge in [-0.25, -0.2) is 4.39 Å². The van der Waals surface area contributed by atoms with Crippen LogP contribution >= 0.6 is 0 Å². The highest BCUT2D eigenvalue weighted by Gasteiger charge is 2.21. The van der Waals surface area contributed by atoms with Gasteiger partial charge in [0.05, 0.1) is 18.4 Å².